The second-order valence-corrected chi connectivity index (χ2v) is 9.34. The Bertz CT molecular complexity index is 1500. The lowest BCUT2D eigenvalue weighted by Crippen LogP contribution is -2.21. The fraction of sp³-hybridized carbons (Fsp3) is 0.185. The van der Waals surface area contributed by atoms with Gasteiger partial charge in [-0.25, -0.2) is 0 Å². The first-order chi connectivity index (χ1) is 17.0. The zero-order valence-electron chi connectivity index (χ0n) is 19.3. The number of hydrogen-bond donors (Lipinski definition) is 2. The third kappa shape index (κ3) is 4.17. The van der Waals surface area contributed by atoms with E-state index in [1.165, 1.54) is 5.39 Å². The van der Waals surface area contributed by atoms with Crippen molar-refractivity contribution in [3.05, 3.63) is 92.0 Å². The molecule has 0 saturated carbocycles. The summed E-state index contributed by atoms with van der Waals surface area (Å²) in [5.41, 5.74) is 9.97. The number of nitrogens with one attached hydrogen (secondary N) is 1. The van der Waals surface area contributed by atoms with Gasteiger partial charge in [0.25, 0.3) is 0 Å². The lowest BCUT2D eigenvalue weighted by molar-refractivity contribution is 0.268. The van der Waals surface area contributed by atoms with Gasteiger partial charge in [-0.1, -0.05) is 42.5 Å². The number of ether oxygens (including phenoxy) is 3. The van der Waals surface area contributed by atoms with E-state index in [1.54, 1.807) is 0 Å². The molecule has 1 aromatic heterocycles. The molecule has 5 rings (SSSR count). The highest BCUT2D eigenvalue weighted by molar-refractivity contribution is 14.1. The first-order valence-electron chi connectivity index (χ1n) is 11.2. The van der Waals surface area contributed by atoms with Crippen molar-refractivity contribution in [2.45, 2.75) is 26.4 Å². The summed E-state index contributed by atoms with van der Waals surface area (Å²) in [5, 5.41) is 19.4. The molecular weight excluding hydrogens is 555 g/mol. The minimum absolute atomic E-state index is 0.0563. The van der Waals surface area contributed by atoms with E-state index in [4.69, 9.17) is 19.9 Å². The number of nitriles is 1. The number of nitrogens with two attached hydrogens (primary N) is 1. The molecule has 35 heavy (non-hydrogen) atoms. The van der Waals surface area contributed by atoms with Gasteiger partial charge in [0.1, 0.15) is 18.2 Å². The van der Waals surface area contributed by atoms with E-state index in [-0.39, 0.29) is 5.88 Å². The quantitative estimate of drug-likeness (QED) is 0.286. The summed E-state index contributed by atoms with van der Waals surface area (Å²) in [7, 11) is 0. The highest BCUT2D eigenvalue weighted by atomic mass is 127. The van der Waals surface area contributed by atoms with Crippen LogP contribution >= 0.6 is 22.6 Å². The molecule has 0 spiro atoms. The van der Waals surface area contributed by atoms with Crippen molar-refractivity contribution in [1.29, 1.82) is 5.26 Å². The summed E-state index contributed by atoms with van der Waals surface area (Å²) >= 11 is 2.25. The van der Waals surface area contributed by atoms with E-state index in [1.807, 2.05) is 44.2 Å². The first kappa shape index (κ1) is 23.1. The van der Waals surface area contributed by atoms with Crippen molar-refractivity contribution in [3.63, 3.8) is 0 Å². The number of halogens is 1. The second kappa shape index (κ2) is 9.50. The van der Waals surface area contributed by atoms with Crippen LogP contribution in [0.1, 0.15) is 35.2 Å². The Morgan fingerprint density at radius 1 is 1.17 bits per heavy atom. The summed E-state index contributed by atoms with van der Waals surface area (Å²) in [6, 6.07) is 20.6. The van der Waals surface area contributed by atoms with Crippen LogP contribution in [0.15, 0.2) is 66.1 Å². The maximum atomic E-state index is 9.88. The Balaban J connectivity index is 1.55. The number of allylic oxidation sites excluding steroid dienone is 1. The topological polar surface area (TPSA) is 106 Å². The number of benzene rings is 3. The fourth-order valence-corrected chi connectivity index (χ4v) is 5.24. The molecule has 0 unspecified atom stereocenters. The van der Waals surface area contributed by atoms with Crippen molar-refractivity contribution < 1.29 is 14.2 Å². The van der Waals surface area contributed by atoms with E-state index in [9.17, 15) is 5.26 Å². The zero-order chi connectivity index (χ0) is 24.5. The van der Waals surface area contributed by atoms with Gasteiger partial charge < -0.3 is 19.9 Å². The molecule has 0 fully saturated rings. The molecule has 0 saturated heterocycles. The van der Waals surface area contributed by atoms with Gasteiger partial charge in [-0.05, 0) is 70.5 Å². The molecule has 1 atom stereocenters. The molecule has 2 heterocycles. The Labute approximate surface area is 216 Å². The van der Waals surface area contributed by atoms with E-state index in [2.05, 4.69) is 63.1 Å². The number of aryl methyl sites for hydroxylation is 1. The molecular formula is C27H23IN4O3. The number of rotatable bonds is 6. The molecule has 4 aromatic rings. The lowest BCUT2D eigenvalue weighted by atomic mass is 9.84. The van der Waals surface area contributed by atoms with Gasteiger partial charge in [-0.15, -0.1) is 5.10 Å². The highest BCUT2D eigenvalue weighted by Gasteiger charge is 2.35. The summed E-state index contributed by atoms with van der Waals surface area (Å²) < 4.78 is 18.8. The molecule has 8 heteroatoms. The molecule has 0 radical (unpaired) electrons. The van der Waals surface area contributed by atoms with Crippen LogP contribution in [-0.4, -0.2) is 16.8 Å². The number of fused-ring (bicyclic) bond motifs is 2. The summed E-state index contributed by atoms with van der Waals surface area (Å²) in [4.78, 5) is 0. The predicted molar refractivity (Wildman–Crippen MR) is 141 cm³/mol. The minimum atomic E-state index is -0.428. The molecule has 0 aliphatic carbocycles. The van der Waals surface area contributed by atoms with Gasteiger partial charge in [-0.3, -0.25) is 5.10 Å². The van der Waals surface area contributed by atoms with Gasteiger partial charge in [0.15, 0.2) is 11.5 Å². The van der Waals surface area contributed by atoms with Crippen LogP contribution < -0.4 is 19.9 Å². The lowest BCUT2D eigenvalue weighted by Gasteiger charge is -2.25. The third-order valence-electron chi connectivity index (χ3n) is 6.05. The Morgan fingerprint density at radius 3 is 2.77 bits per heavy atom. The van der Waals surface area contributed by atoms with Crippen molar-refractivity contribution in [1.82, 2.24) is 10.2 Å². The standard InChI is InChI=1S/C27H23IN4O3/c1-3-33-22-12-18(24-20(13-29)26(30)35-27-23(24)15(2)31-32-27)11-21(28)25(22)34-14-17-9-6-8-16-7-4-5-10-19(16)17/h4-12,24H,3,14,30H2,1-2H3,(H,31,32)/t24-/m1/s1. The van der Waals surface area contributed by atoms with E-state index < -0.39 is 5.92 Å². The van der Waals surface area contributed by atoms with E-state index in [0.29, 0.717) is 36.2 Å². The Hall–Kier alpha value is -3.71. The number of hydrogen-bond acceptors (Lipinski definition) is 6. The maximum absolute atomic E-state index is 9.88. The number of H-pyrrole nitrogens is 1. The number of aromatic nitrogens is 2. The summed E-state index contributed by atoms with van der Waals surface area (Å²) in [6.45, 7) is 4.69. The smallest absolute Gasteiger partial charge is 0.244 e. The minimum Gasteiger partial charge on any atom is -0.490 e. The molecule has 1 aliphatic rings. The predicted octanol–water partition coefficient (Wildman–Crippen LogP) is 5.67. The Kier molecular flexibility index (Phi) is 6.26. The van der Waals surface area contributed by atoms with E-state index in [0.717, 1.165) is 31.3 Å². The SMILES string of the molecule is CCOc1cc([C@@H]2C(C#N)=C(N)Oc3n[nH]c(C)c32)cc(I)c1OCc1cccc2ccccc12. The molecule has 176 valence electrons. The highest BCUT2D eigenvalue weighted by Crippen LogP contribution is 2.46. The fourth-order valence-electron chi connectivity index (χ4n) is 4.46. The third-order valence-corrected chi connectivity index (χ3v) is 6.85. The maximum Gasteiger partial charge on any atom is 0.244 e. The average molecular weight is 578 g/mol. The van der Waals surface area contributed by atoms with Gasteiger partial charge in [-0.2, -0.15) is 5.26 Å². The summed E-state index contributed by atoms with van der Waals surface area (Å²) in [5.74, 6) is 1.28. The molecule has 3 N–H and O–H groups in total. The molecule has 7 nitrogen and oxygen atoms in total. The summed E-state index contributed by atoms with van der Waals surface area (Å²) in [6.07, 6.45) is 0. The van der Waals surface area contributed by atoms with Crippen LogP contribution in [0.4, 0.5) is 0 Å². The largest absolute Gasteiger partial charge is 0.490 e. The molecule has 1 aliphatic heterocycles. The van der Waals surface area contributed by atoms with E-state index >= 15 is 0 Å². The normalized spacial score (nSPS) is 14.9. The van der Waals surface area contributed by atoms with Gasteiger partial charge in [0, 0.05) is 11.3 Å². The molecule has 0 amide bonds. The van der Waals surface area contributed by atoms with Crippen LogP contribution in [0.5, 0.6) is 17.4 Å². The van der Waals surface area contributed by atoms with Crippen molar-refractivity contribution in [2.75, 3.05) is 6.61 Å². The van der Waals surface area contributed by atoms with Gasteiger partial charge in [0.05, 0.1) is 16.1 Å². The van der Waals surface area contributed by atoms with Crippen LogP contribution in [0, 0.1) is 21.8 Å². The zero-order valence-corrected chi connectivity index (χ0v) is 21.4. The van der Waals surface area contributed by atoms with Crippen LogP contribution in [0.2, 0.25) is 0 Å². The molecule has 3 aromatic carbocycles. The number of aromatic amines is 1. The van der Waals surface area contributed by atoms with Gasteiger partial charge >= 0.3 is 0 Å². The monoisotopic (exact) mass is 578 g/mol. The van der Waals surface area contributed by atoms with Gasteiger partial charge in [0.2, 0.25) is 11.8 Å². The van der Waals surface area contributed by atoms with Crippen LogP contribution in [-0.2, 0) is 6.61 Å². The first-order valence-corrected chi connectivity index (χ1v) is 12.3. The Morgan fingerprint density at radius 2 is 1.97 bits per heavy atom. The van der Waals surface area contributed by atoms with Crippen molar-refractivity contribution in [2.24, 2.45) is 5.73 Å². The average Bonchev–Trinajstić information content (AvgIpc) is 3.22. The molecule has 0 bridgehead atoms. The second-order valence-electron chi connectivity index (χ2n) is 8.18. The van der Waals surface area contributed by atoms with Crippen LogP contribution in [0.25, 0.3) is 10.8 Å². The number of nitrogens with zero attached hydrogens (tertiary/aromatic N) is 2. The van der Waals surface area contributed by atoms with Crippen LogP contribution in [0.3, 0.4) is 0 Å². The van der Waals surface area contributed by atoms with Crippen molar-refractivity contribution in [3.8, 4) is 23.4 Å². The van der Waals surface area contributed by atoms with Crippen molar-refractivity contribution >= 4 is 33.4 Å².